The van der Waals surface area contributed by atoms with Crippen molar-refractivity contribution in [2.24, 2.45) is 7.05 Å². The van der Waals surface area contributed by atoms with Crippen LogP contribution in [0.25, 0.3) is 0 Å². The van der Waals surface area contributed by atoms with Crippen LogP contribution in [0.15, 0.2) is 41.3 Å². The number of amides is 2. The van der Waals surface area contributed by atoms with E-state index >= 15 is 0 Å². The number of nitrogens with zero attached hydrogens (tertiary/aromatic N) is 2. The topological polar surface area (TPSA) is 80.6 Å². The number of methoxy groups -OCH3 is 1. The highest BCUT2D eigenvalue weighted by atomic mass is 16.5. The van der Waals surface area contributed by atoms with E-state index in [4.69, 9.17) is 4.74 Å². The van der Waals surface area contributed by atoms with Gasteiger partial charge >= 0.3 is 0 Å². The molecule has 0 spiro atoms. The van der Waals surface area contributed by atoms with Gasteiger partial charge in [-0.1, -0.05) is 25.0 Å². The minimum absolute atomic E-state index is 0.0686. The van der Waals surface area contributed by atoms with Gasteiger partial charge in [-0.3, -0.25) is 14.4 Å². The average Bonchev–Trinajstić information content (AvgIpc) is 3.00. The molecule has 148 valence electrons. The second kappa shape index (κ2) is 8.73. The molecule has 2 heterocycles. The van der Waals surface area contributed by atoms with Crippen LogP contribution in [0.2, 0.25) is 0 Å². The van der Waals surface area contributed by atoms with E-state index < -0.39 is 5.91 Å². The summed E-state index contributed by atoms with van der Waals surface area (Å²) in [6.07, 6.45) is 5.73. The molecule has 1 fully saturated rings. The van der Waals surface area contributed by atoms with E-state index in [0.717, 1.165) is 25.7 Å². The van der Waals surface area contributed by atoms with Crippen molar-refractivity contribution in [2.75, 3.05) is 25.5 Å². The first-order chi connectivity index (χ1) is 13.5. The maximum atomic E-state index is 12.9. The summed E-state index contributed by atoms with van der Waals surface area (Å²) in [4.78, 5) is 39.9. The Bertz CT molecular complexity index is 927. The predicted molar refractivity (Wildman–Crippen MR) is 107 cm³/mol. The molecule has 2 aromatic rings. The van der Waals surface area contributed by atoms with E-state index in [1.165, 1.54) is 23.9 Å². The molecule has 0 unspecified atom stereocenters. The van der Waals surface area contributed by atoms with Gasteiger partial charge in [-0.15, -0.1) is 0 Å². The first-order valence-corrected chi connectivity index (χ1v) is 9.45. The van der Waals surface area contributed by atoms with Gasteiger partial charge in [-0.2, -0.15) is 0 Å². The Morgan fingerprint density at radius 3 is 2.43 bits per heavy atom. The molecule has 7 nitrogen and oxygen atoms in total. The number of anilines is 1. The zero-order valence-corrected chi connectivity index (χ0v) is 16.2. The number of hydrogen-bond acceptors (Lipinski definition) is 4. The highest BCUT2D eigenvalue weighted by molar-refractivity contribution is 6.06. The third kappa shape index (κ3) is 4.24. The van der Waals surface area contributed by atoms with E-state index in [0.29, 0.717) is 30.0 Å². The number of pyridine rings is 1. The second-order valence-corrected chi connectivity index (χ2v) is 6.92. The Labute approximate surface area is 163 Å². The van der Waals surface area contributed by atoms with E-state index in [2.05, 4.69) is 5.32 Å². The largest absolute Gasteiger partial charge is 0.496 e. The Kier molecular flexibility index (Phi) is 6.13. The molecular formula is C21H25N3O4. The minimum Gasteiger partial charge on any atom is -0.496 e. The molecule has 0 saturated carbocycles. The summed E-state index contributed by atoms with van der Waals surface area (Å²) in [5.41, 5.74) is 0.394. The summed E-state index contributed by atoms with van der Waals surface area (Å²) < 4.78 is 6.53. The number of para-hydroxylation sites is 1. The summed E-state index contributed by atoms with van der Waals surface area (Å²) in [5.74, 6) is -0.173. The summed E-state index contributed by atoms with van der Waals surface area (Å²) >= 11 is 0. The number of nitrogens with one attached hydrogen (secondary N) is 1. The van der Waals surface area contributed by atoms with Gasteiger partial charge in [0.2, 0.25) is 0 Å². The predicted octanol–water partition coefficient (Wildman–Crippen LogP) is 2.66. The molecule has 2 amide bonds. The third-order valence-electron chi connectivity index (χ3n) is 4.92. The van der Waals surface area contributed by atoms with Gasteiger partial charge in [0.15, 0.2) is 0 Å². The average molecular weight is 383 g/mol. The smallest absolute Gasteiger partial charge is 0.274 e. The lowest BCUT2D eigenvalue weighted by Gasteiger charge is -2.21. The van der Waals surface area contributed by atoms with Crippen LogP contribution in [0, 0.1) is 0 Å². The Morgan fingerprint density at radius 2 is 1.75 bits per heavy atom. The number of carbonyl (C=O) groups excluding carboxylic acids is 2. The van der Waals surface area contributed by atoms with Crippen LogP contribution in [0.5, 0.6) is 5.75 Å². The maximum Gasteiger partial charge on any atom is 0.274 e. The van der Waals surface area contributed by atoms with Crippen molar-refractivity contribution >= 4 is 17.5 Å². The van der Waals surface area contributed by atoms with Crippen LogP contribution in [-0.4, -0.2) is 41.5 Å². The third-order valence-corrected chi connectivity index (χ3v) is 4.92. The number of likely N-dealkylation sites (tertiary alicyclic amines) is 1. The van der Waals surface area contributed by atoms with Crippen molar-refractivity contribution in [1.82, 2.24) is 9.47 Å². The Balaban J connectivity index is 1.88. The minimum atomic E-state index is -0.464. The molecule has 7 heteroatoms. The van der Waals surface area contributed by atoms with E-state index in [1.54, 1.807) is 31.3 Å². The lowest BCUT2D eigenvalue weighted by molar-refractivity contribution is 0.0760. The van der Waals surface area contributed by atoms with Gasteiger partial charge in [0.05, 0.1) is 18.2 Å². The molecule has 1 N–H and O–H groups in total. The van der Waals surface area contributed by atoms with E-state index in [-0.39, 0.29) is 17.2 Å². The Hall–Kier alpha value is -3.09. The molecule has 1 aliphatic heterocycles. The second-order valence-electron chi connectivity index (χ2n) is 6.92. The molecule has 0 aliphatic carbocycles. The standard InChI is InChI=1S/C21H25N3O4/c1-23-14-15(20(26)24-11-7-3-4-8-12-24)13-17(21(23)27)22-19(25)16-9-5-6-10-18(16)28-2/h5-6,9-10,13-14H,3-4,7-8,11-12H2,1-2H3,(H,22,25). The highest BCUT2D eigenvalue weighted by Crippen LogP contribution is 2.19. The van der Waals surface area contributed by atoms with Gasteiger partial charge in [-0.25, -0.2) is 0 Å². The van der Waals surface area contributed by atoms with Gasteiger partial charge in [-0.05, 0) is 31.0 Å². The molecule has 0 atom stereocenters. The van der Waals surface area contributed by atoms with Crippen molar-refractivity contribution < 1.29 is 14.3 Å². The number of aromatic nitrogens is 1. The summed E-state index contributed by atoms with van der Waals surface area (Å²) in [6.45, 7) is 1.43. The lowest BCUT2D eigenvalue weighted by Crippen LogP contribution is -2.33. The van der Waals surface area contributed by atoms with Gasteiger partial charge in [0.1, 0.15) is 11.4 Å². The first kappa shape index (κ1) is 19.7. The molecule has 1 aromatic carbocycles. The molecular weight excluding hydrogens is 358 g/mol. The zero-order valence-electron chi connectivity index (χ0n) is 16.2. The van der Waals surface area contributed by atoms with Crippen molar-refractivity contribution in [3.8, 4) is 5.75 Å². The Morgan fingerprint density at radius 1 is 1.07 bits per heavy atom. The fraction of sp³-hybridized carbons (Fsp3) is 0.381. The SMILES string of the molecule is COc1ccccc1C(=O)Nc1cc(C(=O)N2CCCCCC2)cn(C)c1=O. The lowest BCUT2D eigenvalue weighted by atomic mass is 10.1. The number of benzene rings is 1. The zero-order chi connectivity index (χ0) is 20.1. The van der Waals surface area contributed by atoms with Crippen LogP contribution >= 0.6 is 0 Å². The summed E-state index contributed by atoms with van der Waals surface area (Å²) in [7, 11) is 3.05. The highest BCUT2D eigenvalue weighted by Gasteiger charge is 2.20. The number of hydrogen-bond donors (Lipinski definition) is 1. The van der Waals surface area contributed by atoms with E-state index in [9.17, 15) is 14.4 Å². The first-order valence-electron chi connectivity index (χ1n) is 9.45. The fourth-order valence-corrected chi connectivity index (χ4v) is 3.40. The monoisotopic (exact) mass is 383 g/mol. The summed E-state index contributed by atoms with van der Waals surface area (Å²) in [5, 5.41) is 2.63. The molecule has 1 aromatic heterocycles. The van der Waals surface area contributed by atoms with Crippen molar-refractivity contribution in [3.63, 3.8) is 0 Å². The molecule has 1 aliphatic rings. The quantitative estimate of drug-likeness (QED) is 0.880. The van der Waals surface area contributed by atoms with Crippen LogP contribution in [0.3, 0.4) is 0 Å². The fourth-order valence-electron chi connectivity index (χ4n) is 3.40. The number of rotatable bonds is 4. The van der Waals surface area contributed by atoms with Crippen LogP contribution in [-0.2, 0) is 7.05 Å². The van der Waals surface area contributed by atoms with E-state index in [1.807, 2.05) is 4.90 Å². The van der Waals surface area contributed by atoms with Crippen molar-refractivity contribution in [3.05, 3.63) is 58.0 Å². The molecule has 1 saturated heterocycles. The molecule has 28 heavy (non-hydrogen) atoms. The maximum absolute atomic E-state index is 12.9. The number of ether oxygens (including phenoxy) is 1. The van der Waals surface area contributed by atoms with Gasteiger partial charge in [0, 0.05) is 26.3 Å². The normalized spacial score (nSPS) is 14.3. The van der Waals surface area contributed by atoms with Crippen LogP contribution in [0.1, 0.15) is 46.4 Å². The van der Waals surface area contributed by atoms with Crippen LogP contribution < -0.4 is 15.6 Å². The van der Waals surface area contributed by atoms with Crippen molar-refractivity contribution in [1.29, 1.82) is 0 Å². The van der Waals surface area contributed by atoms with Gasteiger partial charge in [0.25, 0.3) is 17.4 Å². The molecule has 0 radical (unpaired) electrons. The summed E-state index contributed by atoms with van der Waals surface area (Å²) in [6, 6.07) is 8.23. The molecule has 3 rings (SSSR count). The number of carbonyl (C=O) groups is 2. The molecule has 0 bridgehead atoms. The number of aryl methyl sites for hydroxylation is 1. The van der Waals surface area contributed by atoms with Gasteiger partial charge < -0.3 is 19.5 Å². The van der Waals surface area contributed by atoms with Crippen LogP contribution in [0.4, 0.5) is 5.69 Å². The van der Waals surface area contributed by atoms with Crippen molar-refractivity contribution in [2.45, 2.75) is 25.7 Å².